The number of nitrogens with one attached hydrogen (secondary N) is 2. The number of amides is 2. The molecule has 2 aliphatic heterocycles. The van der Waals surface area contributed by atoms with Gasteiger partial charge in [0.25, 0.3) is 11.8 Å². The summed E-state index contributed by atoms with van der Waals surface area (Å²) < 4.78 is 71.3. The number of nitrogens with zero attached hydrogens (tertiary/aromatic N) is 2. The number of hydrogen-bond donors (Lipinski definition) is 3. The smallest absolute Gasteiger partial charge is 0.253 e. The number of sulfone groups is 1. The molecule has 3 heterocycles. The van der Waals surface area contributed by atoms with Crippen molar-refractivity contribution >= 4 is 27.3 Å². The van der Waals surface area contributed by atoms with Gasteiger partial charge in [0.15, 0.2) is 9.84 Å². The van der Waals surface area contributed by atoms with Gasteiger partial charge in [0.2, 0.25) is 5.91 Å². The van der Waals surface area contributed by atoms with Crippen molar-refractivity contribution in [3.05, 3.63) is 40.5 Å². The molecule has 0 radical (unpaired) electrons. The summed E-state index contributed by atoms with van der Waals surface area (Å²) in [5.74, 6) is -4.46. The molecule has 1 saturated heterocycles. The molecular formula is C33H44F3N5O4S. The van der Waals surface area contributed by atoms with Crippen LogP contribution in [0.5, 0.6) is 0 Å². The van der Waals surface area contributed by atoms with E-state index in [1.165, 1.54) is 6.07 Å². The Morgan fingerprint density at radius 2 is 1.74 bits per heavy atom. The number of alkyl halides is 2. The van der Waals surface area contributed by atoms with E-state index in [1.54, 1.807) is 6.07 Å². The van der Waals surface area contributed by atoms with Crippen LogP contribution in [0.3, 0.4) is 0 Å². The van der Waals surface area contributed by atoms with Crippen molar-refractivity contribution in [2.45, 2.75) is 94.9 Å². The number of hydrogen-bond acceptors (Lipinski definition) is 6. The molecule has 0 spiro atoms. The fraction of sp³-hybridized carbons (Fsp3) is 0.636. The number of anilines is 1. The number of fused-ring (bicyclic) bond motifs is 3. The maximum absolute atomic E-state index is 15.7. The zero-order valence-corrected chi connectivity index (χ0v) is 27.4. The van der Waals surface area contributed by atoms with E-state index in [-0.39, 0.29) is 47.7 Å². The van der Waals surface area contributed by atoms with Gasteiger partial charge in [-0.15, -0.1) is 0 Å². The van der Waals surface area contributed by atoms with Gasteiger partial charge in [0, 0.05) is 62.4 Å². The SMILES string of the molecule is CC1(C)Cc2c(c3c(n2-c2cc(F)c(C(N)=O)c(N[C@H]4CC[C@H](C(=O)NCCN5CCC(F)(F)CC5)CC4)c2)CCC3)S(=O)(=O)C1. The Balaban J connectivity index is 1.16. The van der Waals surface area contributed by atoms with Crippen LogP contribution >= 0.6 is 0 Å². The van der Waals surface area contributed by atoms with Crippen molar-refractivity contribution < 1.29 is 31.2 Å². The van der Waals surface area contributed by atoms with E-state index in [0.717, 1.165) is 17.7 Å². The van der Waals surface area contributed by atoms with Crippen LogP contribution in [0.4, 0.5) is 18.9 Å². The Morgan fingerprint density at radius 3 is 2.41 bits per heavy atom. The number of benzene rings is 1. The number of primary amides is 1. The van der Waals surface area contributed by atoms with Gasteiger partial charge in [-0.05, 0) is 74.5 Å². The van der Waals surface area contributed by atoms with E-state index in [2.05, 4.69) is 10.6 Å². The van der Waals surface area contributed by atoms with E-state index in [9.17, 15) is 26.8 Å². The minimum absolute atomic E-state index is 0.0595. The minimum Gasteiger partial charge on any atom is -0.382 e. The van der Waals surface area contributed by atoms with Crippen LogP contribution in [0.2, 0.25) is 0 Å². The first-order valence-electron chi connectivity index (χ1n) is 16.4. The van der Waals surface area contributed by atoms with E-state index in [0.29, 0.717) is 87.4 Å². The zero-order valence-electron chi connectivity index (χ0n) is 26.6. The highest BCUT2D eigenvalue weighted by Crippen LogP contribution is 2.45. The summed E-state index contributed by atoms with van der Waals surface area (Å²) in [6.07, 6.45) is 4.79. The Labute approximate surface area is 268 Å². The largest absolute Gasteiger partial charge is 0.382 e. The molecule has 6 rings (SSSR count). The lowest BCUT2D eigenvalue weighted by Gasteiger charge is -2.32. The average molecular weight is 664 g/mol. The van der Waals surface area contributed by atoms with Gasteiger partial charge in [-0.3, -0.25) is 9.59 Å². The summed E-state index contributed by atoms with van der Waals surface area (Å²) in [4.78, 5) is 27.6. The molecule has 4 N–H and O–H groups in total. The summed E-state index contributed by atoms with van der Waals surface area (Å²) in [7, 11) is -3.52. The van der Waals surface area contributed by atoms with Gasteiger partial charge in [-0.1, -0.05) is 13.8 Å². The molecule has 2 amide bonds. The van der Waals surface area contributed by atoms with Crippen LogP contribution in [-0.4, -0.2) is 73.6 Å². The molecule has 2 aliphatic carbocycles. The molecule has 252 valence electrons. The Morgan fingerprint density at radius 1 is 1.04 bits per heavy atom. The molecule has 0 unspecified atom stereocenters. The van der Waals surface area contributed by atoms with Crippen LogP contribution in [0.25, 0.3) is 5.69 Å². The first-order valence-corrected chi connectivity index (χ1v) is 18.1. The molecule has 0 atom stereocenters. The number of carbonyl (C=O) groups excluding carboxylic acids is 2. The number of halogens is 3. The van der Waals surface area contributed by atoms with Crippen molar-refractivity contribution in [2.24, 2.45) is 17.1 Å². The molecule has 2 fully saturated rings. The molecule has 1 saturated carbocycles. The molecular weight excluding hydrogens is 619 g/mol. The first-order chi connectivity index (χ1) is 21.6. The maximum Gasteiger partial charge on any atom is 0.253 e. The second-order valence-corrected chi connectivity index (χ2v) is 16.3. The number of rotatable bonds is 8. The van der Waals surface area contributed by atoms with Gasteiger partial charge < -0.3 is 25.8 Å². The molecule has 1 aromatic carbocycles. The maximum atomic E-state index is 15.7. The van der Waals surface area contributed by atoms with E-state index in [4.69, 9.17) is 5.73 Å². The lowest BCUT2D eigenvalue weighted by Crippen LogP contribution is -2.44. The number of piperidine rings is 1. The van der Waals surface area contributed by atoms with Crippen LogP contribution < -0.4 is 16.4 Å². The lowest BCUT2D eigenvalue weighted by atomic mass is 9.85. The van der Waals surface area contributed by atoms with Crippen LogP contribution in [0.15, 0.2) is 17.0 Å². The van der Waals surface area contributed by atoms with E-state index in [1.807, 2.05) is 23.3 Å². The highest BCUT2D eigenvalue weighted by molar-refractivity contribution is 7.91. The zero-order chi connectivity index (χ0) is 33.0. The molecule has 4 aliphatic rings. The topological polar surface area (TPSA) is 127 Å². The number of likely N-dealkylation sites (tertiary alicyclic amines) is 1. The second-order valence-electron chi connectivity index (χ2n) is 14.4. The summed E-state index contributed by atoms with van der Waals surface area (Å²) in [6.45, 7) is 5.43. The number of aromatic nitrogens is 1. The molecule has 2 aromatic rings. The molecule has 9 nitrogen and oxygen atoms in total. The third-order valence-corrected chi connectivity index (χ3v) is 12.4. The van der Waals surface area contributed by atoms with Gasteiger partial charge in [-0.25, -0.2) is 21.6 Å². The van der Waals surface area contributed by atoms with Gasteiger partial charge in [-0.2, -0.15) is 0 Å². The van der Waals surface area contributed by atoms with Crippen molar-refractivity contribution in [2.75, 3.05) is 37.2 Å². The normalized spacial score (nSPS) is 25.0. The number of nitrogens with two attached hydrogens (primary N) is 1. The van der Waals surface area contributed by atoms with Gasteiger partial charge >= 0.3 is 0 Å². The lowest BCUT2D eigenvalue weighted by molar-refractivity contribution is -0.126. The number of carbonyl (C=O) groups is 2. The molecule has 0 bridgehead atoms. The summed E-state index contributed by atoms with van der Waals surface area (Å²) in [5.41, 5.74) is 8.00. The summed E-state index contributed by atoms with van der Waals surface area (Å²) >= 11 is 0. The predicted molar refractivity (Wildman–Crippen MR) is 169 cm³/mol. The summed E-state index contributed by atoms with van der Waals surface area (Å²) in [6, 6.07) is 2.84. The fourth-order valence-corrected chi connectivity index (χ4v) is 10.4. The highest BCUT2D eigenvalue weighted by Gasteiger charge is 2.43. The Bertz CT molecular complexity index is 1640. The molecule has 1 aromatic heterocycles. The van der Waals surface area contributed by atoms with Crippen LogP contribution in [0.1, 0.15) is 86.1 Å². The Kier molecular flexibility index (Phi) is 8.71. The highest BCUT2D eigenvalue weighted by atomic mass is 32.2. The van der Waals surface area contributed by atoms with Crippen molar-refractivity contribution in [3.63, 3.8) is 0 Å². The first kappa shape index (κ1) is 32.9. The van der Waals surface area contributed by atoms with Crippen LogP contribution in [0, 0.1) is 17.2 Å². The van der Waals surface area contributed by atoms with E-state index < -0.39 is 32.9 Å². The molecule has 13 heteroatoms. The fourth-order valence-electron chi connectivity index (χ4n) is 7.98. The standard InChI is InChI=1S/C33H44F3N5O4S/c1-32(2)18-27-29(46(44,45)19-32)23-4-3-5-26(23)41(27)22-16-24(34)28(30(37)42)25(17-22)39-21-8-6-20(7-9-21)31(43)38-12-15-40-13-10-33(35,36)11-14-40/h16-17,20-21,39H,3-15,18-19H2,1-2H3,(H2,37,42)(H,38,43)/t20-,21-. The minimum atomic E-state index is -3.52. The van der Waals surface area contributed by atoms with Crippen LogP contribution in [-0.2, 0) is 33.9 Å². The monoisotopic (exact) mass is 663 g/mol. The van der Waals surface area contributed by atoms with Crippen molar-refractivity contribution in [3.8, 4) is 5.69 Å². The third-order valence-electron chi connectivity index (χ3n) is 10.2. The van der Waals surface area contributed by atoms with E-state index >= 15 is 4.39 Å². The van der Waals surface area contributed by atoms with Crippen molar-refractivity contribution in [1.29, 1.82) is 0 Å². The Hall–Kier alpha value is -3.06. The molecule has 46 heavy (non-hydrogen) atoms. The van der Waals surface area contributed by atoms with Gasteiger partial charge in [0.05, 0.1) is 27.6 Å². The van der Waals surface area contributed by atoms with Gasteiger partial charge in [0.1, 0.15) is 5.82 Å². The predicted octanol–water partition coefficient (Wildman–Crippen LogP) is 4.38. The summed E-state index contributed by atoms with van der Waals surface area (Å²) in [5, 5.41) is 6.29. The quantitative estimate of drug-likeness (QED) is 0.385. The average Bonchev–Trinajstić information content (AvgIpc) is 3.53. The second kappa shape index (κ2) is 12.2. The van der Waals surface area contributed by atoms with Crippen molar-refractivity contribution in [1.82, 2.24) is 14.8 Å². The third kappa shape index (κ3) is 6.54.